The van der Waals surface area contributed by atoms with E-state index in [1.54, 1.807) is 0 Å². The van der Waals surface area contributed by atoms with Crippen molar-refractivity contribution in [2.24, 2.45) is 35.5 Å². The third-order valence-corrected chi connectivity index (χ3v) is 13.7. The highest BCUT2D eigenvalue weighted by molar-refractivity contribution is 14.1. The first-order chi connectivity index (χ1) is 17.8. The Morgan fingerprint density at radius 2 is 0.875 bits per heavy atom. The molecule has 40 heavy (non-hydrogen) atoms. The van der Waals surface area contributed by atoms with E-state index in [0.717, 1.165) is 0 Å². The molecule has 0 aromatic heterocycles. The lowest BCUT2D eigenvalue weighted by Gasteiger charge is -2.38. The van der Waals surface area contributed by atoms with Crippen molar-refractivity contribution in [3.05, 3.63) is 0 Å². The lowest BCUT2D eigenvalue weighted by molar-refractivity contribution is -0.373. The number of rotatable bonds is 4. The minimum absolute atomic E-state index is 0.0406. The third-order valence-electron chi connectivity index (χ3n) is 8.91. The van der Waals surface area contributed by atoms with Crippen LogP contribution in [0.25, 0.3) is 0 Å². The van der Waals surface area contributed by atoms with Crippen molar-refractivity contribution in [3.8, 4) is 0 Å². The van der Waals surface area contributed by atoms with Crippen LogP contribution in [0, 0.1) is 35.5 Å². The van der Waals surface area contributed by atoms with E-state index in [1.807, 2.05) is 45.2 Å². The molecule has 4 rings (SSSR count). The SMILES string of the molecule is OC(CC1C(I)C2CC(Cl)C1C2)(C(F)(F)F)C(F)(F)F.OC(CC1C2CC(Cl)C(C2)C1I)(C(F)(F)F)C(F)(F)F. The summed E-state index contributed by atoms with van der Waals surface area (Å²) < 4.78 is 152. The second kappa shape index (κ2) is 11.5. The van der Waals surface area contributed by atoms with E-state index in [0.29, 0.717) is 25.7 Å². The van der Waals surface area contributed by atoms with Crippen LogP contribution in [0.4, 0.5) is 52.7 Å². The van der Waals surface area contributed by atoms with Gasteiger partial charge in [0.05, 0.1) is 0 Å². The largest absolute Gasteiger partial charge is 0.426 e. The molecule has 0 amide bonds. The van der Waals surface area contributed by atoms with Crippen LogP contribution in [0.15, 0.2) is 0 Å². The number of aliphatic hydroxyl groups is 2. The summed E-state index contributed by atoms with van der Waals surface area (Å²) in [6.45, 7) is 0. The molecule has 18 heteroatoms. The van der Waals surface area contributed by atoms with Gasteiger partial charge in [-0.2, -0.15) is 52.7 Å². The van der Waals surface area contributed by atoms with Crippen LogP contribution in [-0.4, -0.2) is 64.7 Å². The molecular weight excluding hydrogens is 849 g/mol. The van der Waals surface area contributed by atoms with Crippen molar-refractivity contribution in [1.82, 2.24) is 0 Å². The maximum atomic E-state index is 12.7. The monoisotopic (exact) mass is 872 g/mol. The molecule has 4 saturated carbocycles. The third kappa shape index (κ3) is 6.28. The lowest BCUT2D eigenvalue weighted by Crippen LogP contribution is -2.58. The standard InChI is InChI=1S/2C11H12ClF6IO/c12-7-2-4-1-5(7)6(8(4)19)3-9(20,10(13,14)15)11(16,17)18;12-7-2-4-1-5(7)8(19)6(4)3-9(20,10(13,14)15)11(16,17)18/h2*4-8,20H,1-3H2. The molecule has 0 aromatic rings. The molecule has 4 aliphatic carbocycles. The number of hydrogen-bond acceptors (Lipinski definition) is 2. The Hall–Kier alpha value is 1.12. The van der Waals surface area contributed by atoms with E-state index in [1.165, 1.54) is 0 Å². The predicted molar refractivity (Wildman–Crippen MR) is 138 cm³/mol. The van der Waals surface area contributed by atoms with Crippen molar-refractivity contribution in [3.63, 3.8) is 0 Å². The summed E-state index contributed by atoms with van der Waals surface area (Å²) in [4.78, 5) is 0. The number of halogens is 16. The van der Waals surface area contributed by atoms with Gasteiger partial charge >= 0.3 is 24.7 Å². The number of fused-ring (bicyclic) bond motifs is 4. The molecular formula is C22H24Cl2F12I2O2. The maximum absolute atomic E-state index is 12.7. The van der Waals surface area contributed by atoms with E-state index < -0.39 is 66.0 Å². The lowest BCUT2D eigenvalue weighted by atomic mass is 9.79. The summed E-state index contributed by atoms with van der Waals surface area (Å²) in [5, 5.41) is 18.0. The van der Waals surface area contributed by atoms with Gasteiger partial charge in [0.25, 0.3) is 11.2 Å². The van der Waals surface area contributed by atoms with Crippen molar-refractivity contribution < 1.29 is 62.9 Å². The number of hydrogen-bond donors (Lipinski definition) is 2. The molecule has 0 spiro atoms. The van der Waals surface area contributed by atoms with Crippen LogP contribution < -0.4 is 0 Å². The van der Waals surface area contributed by atoms with Crippen LogP contribution in [0.5, 0.6) is 0 Å². The first-order valence-electron chi connectivity index (χ1n) is 12.0. The van der Waals surface area contributed by atoms with E-state index in [2.05, 4.69) is 0 Å². The van der Waals surface area contributed by atoms with Gasteiger partial charge in [-0.25, -0.2) is 0 Å². The highest BCUT2D eigenvalue weighted by atomic mass is 127. The summed E-state index contributed by atoms with van der Waals surface area (Å²) in [7, 11) is 0. The molecule has 10 atom stereocenters. The molecule has 2 N–H and O–H groups in total. The molecule has 0 heterocycles. The van der Waals surface area contributed by atoms with Crippen molar-refractivity contribution in [2.75, 3.05) is 0 Å². The van der Waals surface area contributed by atoms with Crippen LogP contribution in [0.3, 0.4) is 0 Å². The molecule has 2 nitrogen and oxygen atoms in total. The Balaban J connectivity index is 0.000000220. The van der Waals surface area contributed by atoms with Gasteiger partial charge in [-0.1, -0.05) is 45.2 Å². The summed E-state index contributed by atoms with van der Waals surface area (Å²) in [6.07, 6.45) is -23.5. The van der Waals surface area contributed by atoms with Gasteiger partial charge in [0.1, 0.15) is 0 Å². The first kappa shape index (κ1) is 35.6. The molecule has 0 aromatic carbocycles. The molecule has 4 fully saturated rings. The Bertz CT molecular complexity index is 882. The van der Waals surface area contributed by atoms with Crippen LogP contribution in [0.1, 0.15) is 38.5 Å². The summed E-state index contributed by atoms with van der Waals surface area (Å²) in [5.74, 6) is -2.38. The second-order valence-electron chi connectivity index (χ2n) is 11.2. The van der Waals surface area contributed by atoms with Gasteiger partial charge in [-0.3, -0.25) is 0 Å². The van der Waals surface area contributed by atoms with E-state index in [9.17, 15) is 62.9 Å². The van der Waals surface area contributed by atoms with Crippen molar-refractivity contribution in [2.45, 2.75) is 93.0 Å². The molecule has 236 valence electrons. The minimum Gasteiger partial charge on any atom is -0.374 e. The zero-order valence-corrected chi connectivity index (χ0v) is 25.8. The average molecular weight is 873 g/mol. The van der Waals surface area contributed by atoms with E-state index in [4.69, 9.17) is 23.2 Å². The average Bonchev–Trinajstić information content (AvgIpc) is 3.47. The van der Waals surface area contributed by atoms with Crippen LogP contribution >= 0.6 is 68.4 Å². The Kier molecular flexibility index (Phi) is 10.2. The Labute approximate surface area is 258 Å². The van der Waals surface area contributed by atoms with E-state index in [-0.39, 0.29) is 36.9 Å². The van der Waals surface area contributed by atoms with Gasteiger partial charge in [0, 0.05) is 18.6 Å². The maximum Gasteiger partial charge on any atom is 0.426 e. The smallest absolute Gasteiger partial charge is 0.374 e. The van der Waals surface area contributed by atoms with E-state index >= 15 is 0 Å². The predicted octanol–water partition coefficient (Wildman–Crippen LogP) is 8.60. The number of alkyl halides is 16. The fourth-order valence-corrected chi connectivity index (χ4v) is 10.9. The summed E-state index contributed by atoms with van der Waals surface area (Å²) >= 11 is 15.7. The Morgan fingerprint density at radius 1 is 0.525 bits per heavy atom. The highest BCUT2D eigenvalue weighted by Gasteiger charge is 2.73. The van der Waals surface area contributed by atoms with Crippen LogP contribution in [-0.2, 0) is 0 Å². The molecule has 0 saturated heterocycles. The first-order valence-corrected chi connectivity index (χ1v) is 15.4. The molecule has 10 unspecified atom stereocenters. The second-order valence-corrected chi connectivity index (χ2v) is 15.2. The quantitative estimate of drug-likeness (QED) is 0.169. The van der Waals surface area contributed by atoms with Gasteiger partial charge in [-0.15, -0.1) is 23.2 Å². The fourth-order valence-electron chi connectivity index (χ4n) is 6.67. The Morgan fingerprint density at radius 3 is 1.23 bits per heavy atom. The van der Waals surface area contributed by atoms with Crippen LogP contribution in [0.2, 0.25) is 0 Å². The summed E-state index contributed by atoms with van der Waals surface area (Å²) in [6, 6.07) is 0. The van der Waals surface area contributed by atoms with Crippen molar-refractivity contribution >= 4 is 68.4 Å². The zero-order chi connectivity index (χ0) is 31.0. The fraction of sp³-hybridized carbons (Fsp3) is 1.00. The molecule has 4 bridgehead atoms. The topological polar surface area (TPSA) is 40.5 Å². The molecule has 0 radical (unpaired) electrons. The van der Waals surface area contributed by atoms with Gasteiger partial charge in [0.2, 0.25) is 0 Å². The van der Waals surface area contributed by atoms with Gasteiger partial charge < -0.3 is 10.2 Å². The molecule has 4 aliphatic rings. The van der Waals surface area contributed by atoms with Gasteiger partial charge in [0.15, 0.2) is 0 Å². The van der Waals surface area contributed by atoms with Gasteiger partial charge in [-0.05, 0) is 74.0 Å². The zero-order valence-electron chi connectivity index (χ0n) is 20.0. The van der Waals surface area contributed by atoms with Crippen molar-refractivity contribution in [1.29, 1.82) is 0 Å². The molecule has 0 aliphatic heterocycles. The summed E-state index contributed by atoms with van der Waals surface area (Å²) in [5.41, 5.74) is -9.30. The minimum atomic E-state index is -5.74. The normalized spacial score (nSPS) is 38.5. The highest BCUT2D eigenvalue weighted by Crippen LogP contribution is 2.60.